The molecule has 1 saturated heterocycles. The van der Waals surface area contributed by atoms with Crippen LogP contribution in [0.5, 0.6) is 5.75 Å². The van der Waals surface area contributed by atoms with E-state index in [1.807, 2.05) is 0 Å². The smallest absolute Gasteiger partial charge is 0.253 e. The Morgan fingerprint density at radius 2 is 2.00 bits per heavy atom. The summed E-state index contributed by atoms with van der Waals surface area (Å²) in [5.74, 6) is 1.36. The summed E-state index contributed by atoms with van der Waals surface area (Å²) in [6, 6.07) is 3.43. The van der Waals surface area contributed by atoms with Gasteiger partial charge in [0.1, 0.15) is 17.1 Å². The number of nitrogens with zero attached hydrogens (tertiary/aromatic N) is 1. The van der Waals surface area contributed by atoms with Crippen LogP contribution in [0.3, 0.4) is 0 Å². The van der Waals surface area contributed by atoms with Crippen LogP contribution in [-0.4, -0.2) is 40.1 Å². The standard InChI is InChI=1S/C16H20N4O2/c21-12-4-3-11(16(22)18-10-5-7-17-8-6-10)13-14(12)20-15(19-13)9-1-2-9/h3-4,9-10,17,21H,1-2,5-8H2,(H,18,22)(H,19,20). The molecule has 0 bridgehead atoms. The zero-order valence-corrected chi connectivity index (χ0v) is 12.4. The maximum absolute atomic E-state index is 12.6. The number of carbonyl (C=O) groups is 1. The number of phenolic OH excluding ortho intramolecular Hbond substituents is 1. The van der Waals surface area contributed by atoms with E-state index in [4.69, 9.17) is 0 Å². The molecule has 6 nitrogen and oxygen atoms in total. The number of carbonyl (C=O) groups excluding carboxylic acids is 1. The fraction of sp³-hybridized carbons (Fsp3) is 0.500. The van der Waals surface area contributed by atoms with Gasteiger partial charge in [0.05, 0.1) is 11.1 Å². The minimum absolute atomic E-state index is 0.0945. The van der Waals surface area contributed by atoms with Crippen LogP contribution in [0.2, 0.25) is 0 Å². The number of aromatic nitrogens is 2. The van der Waals surface area contributed by atoms with Crippen LogP contribution in [0.4, 0.5) is 0 Å². The number of aromatic amines is 1. The molecule has 2 aliphatic rings. The number of rotatable bonds is 3. The van der Waals surface area contributed by atoms with Crippen molar-refractivity contribution in [2.24, 2.45) is 0 Å². The second-order valence-corrected chi connectivity index (χ2v) is 6.25. The van der Waals surface area contributed by atoms with Crippen molar-refractivity contribution in [3.05, 3.63) is 23.5 Å². The van der Waals surface area contributed by atoms with Crippen LogP contribution < -0.4 is 10.6 Å². The minimum Gasteiger partial charge on any atom is -0.506 e. The van der Waals surface area contributed by atoms with E-state index >= 15 is 0 Å². The van der Waals surface area contributed by atoms with Crippen LogP contribution in [0, 0.1) is 0 Å². The zero-order valence-electron chi connectivity index (χ0n) is 12.4. The van der Waals surface area contributed by atoms with Gasteiger partial charge in [-0.3, -0.25) is 4.79 Å². The Morgan fingerprint density at radius 3 is 2.73 bits per heavy atom. The molecule has 1 saturated carbocycles. The Bertz CT molecular complexity index is 714. The SMILES string of the molecule is O=C(NC1CCNCC1)c1ccc(O)c2nc(C3CC3)[nH]c12. The maximum Gasteiger partial charge on any atom is 0.253 e. The number of benzene rings is 1. The van der Waals surface area contributed by atoms with E-state index in [0.717, 1.165) is 44.6 Å². The Hall–Kier alpha value is -2.08. The van der Waals surface area contributed by atoms with Crippen LogP contribution >= 0.6 is 0 Å². The van der Waals surface area contributed by atoms with Crippen LogP contribution in [0.25, 0.3) is 11.0 Å². The molecule has 1 amide bonds. The van der Waals surface area contributed by atoms with Crippen molar-refractivity contribution in [2.75, 3.05) is 13.1 Å². The molecule has 2 aromatic rings. The summed E-state index contributed by atoms with van der Waals surface area (Å²) >= 11 is 0. The summed E-state index contributed by atoms with van der Waals surface area (Å²) in [6.07, 6.45) is 4.14. The third-order valence-corrected chi connectivity index (χ3v) is 4.52. The first-order valence-corrected chi connectivity index (χ1v) is 7.95. The Labute approximate surface area is 128 Å². The largest absolute Gasteiger partial charge is 0.506 e. The van der Waals surface area contributed by atoms with Gasteiger partial charge in [-0.1, -0.05) is 0 Å². The topological polar surface area (TPSA) is 90.0 Å². The predicted molar refractivity (Wildman–Crippen MR) is 83.1 cm³/mol. The molecule has 2 heterocycles. The molecule has 1 aromatic carbocycles. The molecule has 2 fully saturated rings. The van der Waals surface area contributed by atoms with Gasteiger partial charge in [-0.05, 0) is 50.9 Å². The lowest BCUT2D eigenvalue weighted by Crippen LogP contribution is -2.42. The van der Waals surface area contributed by atoms with E-state index in [2.05, 4.69) is 20.6 Å². The highest BCUT2D eigenvalue weighted by molar-refractivity contribution is 6.06. The number of piperidine rings is 1. The van der Waals surface area contributed by atoms with Gasteiger partial charge in [-0.2, -0.15) is 0 Å². The van der Waals surface area contributed by atoms with Crippen molar-refractivity contribution in [1.82, 2.24) is 20.6 Å². The van der Waals surface area contributed by atoms with Crippen molar-refractivity contribution in [1.29, 1.82) is 0 Å². The molecule has 1 aromatic heterocycles. The van der Waals surface area contributed by atoms with Gasteiger partial charge in [-0.15, -0.1) is 0 Å². The number of fused-ring (bicyclic) bond motifs is 1. The van der Waals surface area contributed by atoms with Gasteiger partial charge in [0.2, 0.25) is 0 Å². The molecule has 6 heteroatoms. The average molecular weight is 300 g/mol. The number of hydrogen-bond acceptors (Lipinski definition) is 4. The second-order valence-electron chi connectivity index (χ2n) is 6.25. The molecule has 116 valence electrons. The van der Waals surface area contributed by atoms with Crippen molar-refractivity contribution in [2.45, 2.75) is 37.6 Å². The number of aromatic hydroxyl groups is 1. The number of H-pyrrole nitrogens is 1. The summed E-state index contributed by atoms with van der Waals surface area (Å²) in [5.41, 5.74) is 1.71. The molecule has 4 rings (SSSR count). The number of nitrogens with one attached hydrogen (secondary N) is 3. The molecular formula is C16H20N4O2. The third kappa shape index (κ3) is 2.43. The van der Waals surface area contributed by atoms with Crippen LogP contribution in [-0.2, 0) is 0 Å². The van der Waals surface area contributed by atoms with Crippen molar-refractivity contribution >= 4 is 16.9 Å². The first kappa shape index (κ1) is 13.6. The summed E-state index contributed by atoms with van der Waals surface area (Å²) in [7, 11) is 0. The summed E-state index contributed by atoms with van der Waals surface area (Å²) in [5, 5.41) is 16.4. The van der Waals surface area contributed by atoms with E-state index in [1.165, 1.54) is 0 Å². The molecule has 1 aliphatic heterocycles. The van der Waals surface area contributed by atoms with E-state index in [0.29, 0.717) is 22.5 Å². The lowest BCUT2D eigenvalue weighted by atomic mass is 10.1. The summed E-state index contributed by atoms with van der Waals surface area (Å²) in [6.45, 7) is 1.87. The summed E-state index contributed by atoms with van der Waals surface area (Å²) in [4.78, 5) is 20.3. The molecular weight excluding hydrogens is 280 g/mol. The molecule has 22 heavy (non-hydrogen) atoms. The van der Waals surface area contributed by atoms with Gasteiger partial charge in [-0.25, -0.2) is 4.98 Å². The first-order chi connectivity index (χ1) is 10.7. The average Bonchev–Trinajstić information content (AvgIpc) is 3.28. The molecule has 0 unspecified atom stereocenters. The highest BCUT2D eigenvalue weighted by Gasteiger charge is 2.28. The van der Waals surface area contributed by atoms with Gasteiger partial charge >= 0.3 is 0 Å². The molecule has 0 spiro atoms. The molecule has 1 aliphatic carbocycles. The maximum atomic E-state index is 12.6. The van der Waals surface area contributed by atoms with Crippen molar-refractivity contribution in [3.8, 4) is 5.75 Å². The van der Waals surface area contributed by atoms with Crippen LogP contribution in [0.1, 0.15) is 47.8 Å². The number of amides is 1. The van der Waals surface area contributed by atoms with Gasteiger partial charge in [0, 0.05) is 12.0 Å². The molecule has 4 N–H and O–H groups in total. The van der Waals surface area contributed by atoms with Gasteiger partial charge < -0.3 is 20.7 Å². The number of hydrogen-bond donors (Lipinski definition) is 4. The molecule has 0 radical (unpaired) electrons. The van der Waals surface area contributed by atoms with E-state index < -0.39 is 0 Å². The quantitative estimate of drug-likeness (QED) is 0.693. The number of phenols is 1. The van der Waals surface area contributed by atoms with Crippen LogP contribution in [0.15, 0.2) is 12.1 Å². The van der Waals surface area contributed by atoms with Crippen molar-refractivity contribution < 1.29 is 9.90 Å². The Kier molecular flexibility index (Phi) is 3.26. The van der Waals surface area contributed by atoms with E-state index in [-0.39, 0.29) is 17.7 Å². The third-order valence-electron chi connectivity index (χ3n) is 4.52. The van der Waals surface area contributed by atoms with E-state index in [1.54, 1.807) is 12.1 Å². The Balaban J connectivity index is 1.65. The zero-order chi connectivity index (χ0) is 15.1. The normalized spacial score (nSPS) is 19.5. The van der Waals surface area contributed by atoms with Gasteiger partial charge in [0.15, 0.2) is 0 Å². The predicted octanol–water partition coefficient (Wildman–Crippen LogP) is 1.63. The highest BCUT2D eigenvalue weighted by Crippen LogP contribution is 2.40. The monoisotopic (exact) mass is 300 g/mol. The Morgan fingerprint density at radius 1 is 1.23 bits per heavy atom. The molecule has 0 atom stereocenters. The second kappa shape index (κ2) is 5.28. The highest BCUT2D eigenvalue weighted by atomic mass is 16.3. The van der Waals surface area contributed by atoms with Crippen molar-refractivity contribution in [3.63, 3.8) is 0 Å². The minimum atomic E-state index is -0.0945. The van der Waals surface area contributed by atoms with Gasteiger partial charge in [0.25, 0.3) is 5.91 Å². The lowest BCUT2D eigenvalue weighted by Gasteiger charge is -2.23. The lowest BCUT2D eigenvalue weighted by molar-refractivity contribution is 0.0931. The number of imidazole rings is 1. The summed E-state index contributed by atoms with van der Waals surface area (Å²) < 4.78 is 0. The first-order valence-electron chi connectivity index (χ1n) is 7.95. The van der Waals surface area contributed by atoms with E-state index in [9.17, 15) is 9.90 Å². The fourth-order valence-corrected chi connectivity index (χ4v) is 3.07. The fourth-order valence-electron chi connectivity index (χ4n) is 3.07.